The fraction of sp³-hybridized carbons (Fsp3) is 0.455. The summed E-state index contributed by atoms with van der Waals surface area (Å²) in [5.41, 5.74) is 1.28. The van der Waals surface area contributed by atoms with Crippen LogP contribution in [0.15, 0.2) is 22.7 Å². The molecule has 0 saturated carbocycles. The van der Waals surface area contributed by atoms with Gasteiger partial charge in [-0.05, 0) is 47.1 Å². The van der Waals surface area contributed by atoms with Crippen LogP contribution in [0.1, 0.15) is 31.4 Å². The summed E-state index contributed by atoms with van der Waals surface area (Å²) in [7, 11) is 1.99. The van der Waals surface area contributed by atoms with Crippen LogP contribution in [0.25, 0.3) is 0 Å². The average Bonchev–Trinajstić information content (AvgIpc) is 2.19. The standard InChI is InChI=1S/C11H15BrClN/c1-3-4-11(14-2)8-5-6-10(13)9(12)7-8/h5-7,11,14H,3-4H2,1-2H3. The molecule has 0 aliphatic heterocycles. The van der Waals surface area contributed by atoms with E-state index >= 15 is 0 Å². The van der Waals surface area contributed by atoms with Gasteiger partial charge in [-0.1, -0.05) is 31.0 Å². The monoisotopic (exact) mass is 275 g/mol. The van der Waals surface area contributed by atoms with Crippen molar-refractivity contribution in [1.82, 2.24) is 5.32 Å². The fourth-order valence-corrected chi connectivity index (χ4v) is 2.01. The molecule has 0 saturated heterocycles. The predicted octanol–water partition coefficient (Wildman–Crippen LogP) is 4.16. The highest BCUT2D eigenvalue weighted by molar-refractivity contribution is 9.10. The lowest BCUT2D eigenvalue weighted by atomic mass is 10.0. The zero-order valence-electron chi connectivity index (χ0n) is 8.48. The second-order valence-electron chi connectivity index (χ2n) is 3.30. The largest absolute Gasteiger partial charge is 0.313 e. The molecular formula is C11H15BrClN. The van der Waals surface area contributed by atoms with Crippen molar-refractivity contribution in [3.63, 3.8) is 0 Å². The lowest BCUT2D eigenvalue weighted by Gasteiger charge is -2.16. The van der Waals surface area contributed by atoms with Crippen molar-refractivity contribution in [2.45, 2.75) is 25.8 Å². The van der Waals surface area contributed by atoms with E-state index in [2.05, 4.69) is 40.3 Å². The molecule has 1 N–H and O–H groups in total. The molecule has 1 unspecified atom stereocenters. The van der Waals surface area contributed by atoms with Gasteiger partial charge in [0.15, 0.2) is 0 Å². The molecule has 0 radical (unpaired) electrons. The zero-order valence-corrected chi connectivity index (χ0v) is 10.8. The Morgan fingerprint density at radius 1 is 1.50 bits per heavy atom. The Balaban J connectivity index is 2.88. The molecule has 0 aromatic heterocycles. The summed E-state index contributed by atoms with van der Waals surface area (Å²) < 4.78 is 0.966. The van der Waals surface area contributed by atoms with Gasteiger partial charge < -0.3 is 5.32 Å². The molecule has 0 aliphatic rings. The molecular weight excluding hydrogens is 261 g/mol. The summed E-state index contributed by atoms with van der Waals surface area (Å²) >= 11 is 9.37. The number of hydrogen-bond acceptors (Lipinski definition) is 1. The molecule has 0 spiro atoms. The highest BCUT2D eigenvalue weighted by Gasteiger charge is 2.08. The van der Waals surface area contributed by atoms with Gasteiger partial charge in [-0.3, -0.25) is 0 Å². The molecule has 1 rings (SSSR count). The normalized spacial score (nSPS) is 12.9. The van der Waals surface area contributed by atoms with Crippen molar-refractivity contribution in [2.75, 3.05) is 7.05 Å². The molecule has 3 heteroatoms. The quantitative estimate of drug-likeness (QED) is 0.870. The van der Waals surface area contributed by atoms with E-state index in [1.807, 2.05) is 13.1 Å². The molecule has 1 aromatic carbocycles. The van der Waals surface area contributed by atoms with Crippen molar-refractivity contribution < 1.29 is 0 Å². The molecule has 1 atom stereocenters. The Hall–Kier alpha value is -0.0500. The molecule has 0 bridgehead atoms. The summed E-state index contributed by atoms with van der Waals surface area (Å²) in [6.07, 6.45) is 2.32. The van der Waals surface area contributed by atoms with Crippen molar-refractivity contribution in [1.29, 1.82) is 0 Å². The van der Waals surface area contributed by atoms with Crippen LogP contribution in [0.2, 0.25) is 5.02 Å². The van der Waals surface area contributed by atoms with E-state index in [0.717, 1.165) is 15.9 Å². The maximum absolute atomic E-state index is 5.94. The number of benzene rings is 1. The van der Waals surface area contributed by atoms with Crippen LogP contribution >= 0.6 is 27.5 Å². The first-order valence-corrected chi connectivity index (χ1v) is 5.98. The van der Waals surface area contributed by atoms with Crippen LogP contribution < -0.4 is 5.32 Å². The van der Waals surface area contributed by atoms with Crippen molar-refractivity contribution >= 4 is 27.5 Å². The smallest absolute Gasteiger partial charge is 0.0548 e. The molecule has 78 valence electrons. The summed E-state index contributed by atoms with van der Waals surface area (Å²) in [6, 6.07) is 6.51. The Bertz CT molecular complexity index is 301. The highest BCUT2D eigenvalue weighted by atomic mass is 79.9. The maximum Gasteiger partial charge on any atom is 0.0548 e. The summed E-state index contributed by atoms with van der Waals surface area (Å²) in [5.74, 6) is 0. The van der Waals surface area contributed by atoms with E-state index in [0.29, 0.717) is 6.04 Å². The topological polar surface area (TPSA) is 12.0 Å². The highest BCUT2D eigenvalue weighted by Crippen LogP contribution is 2.27. The number of halogens is 2. The van der Waals surface area contributed by atoms with Gasteiger partial charge in [0.05, 0.1) is 5.02 Å². The molecule has 0 amide bonds. The minimum Gasteiger partial charge on any atom is -0.313 e. The summed E-state index contributed by atoms with van der Waals surface area (Å²) in [6.45, 7) is 2.19. The number of rotatable bonds is 4. The first kappa shape index (κ1) is 12.0. The van der Waals surface area contributed by atoms with Crippen LogP contribution in [-0.2, 0) is 0 Å². The van der Waals surface area contributed by atoms with Crippen LogP contribution in [0.4, 0.5) is 0 Å². The van der Waals surface area contributed by atoms with Gasteiger partial charge in [-0.15, -0.1) is 0 Å². The maximum atomic E-state index is 5.94. The van der Waals surface area contributed by atoms with Gasteiger partial charge in [-0.2, -0.15) is 0 Å². The van der Waals surface area contributed by atoms with Crippen molar-refractivity contribution in [2.24, 2.45) is 0 Å². The molecule has 0 aliphatic carbocycles. The van der Waals surface area contributed by atoms with Gasteiger partial charge >= 0.3 is 0 Å². The first-order valence-electron chi connectivity index (χ1n) is 4.81. The third-order valence-corrected chi connectivity index (χ3v) is 3.49. The van der Waals surface area contributed by atoms with Gasteiger partial charge in [0.1, 0.15) is 0 Å². The van der Waals surface area contributed by atoms with E-state index in [-0.39, 0.29) is 0 Å². The van der Waals surface area contributed by atoms with E-state index < -0.39 is 0 Å². The van der Waals surface area contributed by atoms with E-state index in [9.17, 15) is 0 Å². The fourth-order valence-electron chi connectivity index (χ4n) is 1.50. The van der Waals surface area contributed by atoms with Crippen LogP contribution in [0.3, 0.4) is 0 Å². The van der Waals surface area contributed by atoms with E-state index in [4.69, 9.17) is 11.6 Å². The third-order valence-electron chi connectivity index (χ3n) is 2.27. The minimum atomic E-state index is 0.425. The second kappa shape index (κ2) is 5.74. The molecule has 0 fully saturated rings. The first-order chi connectivity index (χ1) is 6.69. The zero-order chi connectivity index (χ0) is 10.6. The van der Waals surface area contributed by atoms with Crippen molar-refractivity contribution in [3.05, 3.63) is 33.3 Å². The Labute approximate surface area is 99.0 Å². The van der Waals surface area contributed by atoms with Gasteiger partial charge in [0.2, 0.25) is 0 Å². The Morgan fingerprint density at radius 2 is 2.21 bits per heavy atom. The summed E-state index contributed by atoms with van der Waals surface area (Å²) in [4.78, 5) is 0. The van der Waals surface area contributed by atoms with Gasteiger partial charge in [-0.25, -0.2) is 0 Å². The lowest BCUT2D eigenvalue weighted by Crippen LogP contribution is -2.15. The molecule has 14 heavy (non-hydrogen) atoms. The Morgan fingerprint density at radius 3 is 2.71 bits per heavy atom. The SMILES string of the molecule is CCCC(NC)c1ccc(Cl)c(Br)c1. The average molecular weight is 277 g/mol. The summed E-state index contributed by atoms with van der Waals surface area (Å²) in [5, 5.41) is 4.07. The predicted molar refractivity (Wildman–Crippen MR) is 65.9 cm³/mol. The van der Waals surface area contributed by atoms with Crippen LogP contribution in [0.5, 0.6) is 0 Å². The minimum absolute atomic E-state index is 0.425. The van der Waals surface area contributed by atoms with E-state index in [1.54, 1.807) is 0 Å². The lowest BCUT2D eigenvalue weighted by molar-refractivity contribution is 0.541. The molecule has 1 nitrogen and oxygen atoms in total. The van der Waals surface area contributed by atoms with Crippen LogP contribution in [0, 0.1) is 0 Å². The van der Waals surface area contributed by atoms with E-state index in [1.165, 1.54) is 12.0 Å². The molecule has 1 aromatic rings. The number of nitrogens with one attached hydrogen (secondary N) is 1. The van der Waals surface area contributed by atoms with Crippen molar-refractivity contribution in [3.8, 4) is 0 Å². The Kier molecular flexibility index (Phi) is 4.93. The molecule has 0 heterocycles. The number of hydrogen-bond donors (Lipinski definition) is 1. The third kappa shape index (κ3) is 2.97. The van der Waals surface area contributed by atoms with Crippen LogP contribution in [-0.4, -0.2) is 7.05 Å². The van der Waals surface area contributed by atoms with Gasteiger partial charge in [0.25, 0.3) is 0 Å². The second-order valence-corrected chi connectivity index (χ2v) is 4.57. The van der Waals surface area contributed by atoms with Gasteiger partial charge in [0, 0.05) is 10.5 Å².